The molecule has 0 aliphatic carbocycles. The maximum atomic E-state index is 12.3. The van der Waals surface area contributed by atoms with Gasteiger partial charge in [-0.25, -0.2) is 0 Å². The second-order valence-corrected chi connectivity index (χ2v) is 4.83. The molecule has 0 fully saturated rings. The summed E-state index contributed by atoms with van der Waals surface area (Å²) in [6.07, 6.45) is 0. The number of anilines is 1. The highest BCUT2D eigenvalue weighted by Gasteiger charge is 2.13. The highest BCUT2D eigenvalue weighted by molar-refractivity contribution is 6.05. The number of hydrogen-bond donors (Lipinski definition) is 1. The molecule has 2 rings (SSSR count). The van der Waals surface area contributed by atoms with E-state index in [0.717, 1.165) is 0 Å². The third kappa shape index (κ3) is 4.13. The molecule has 0 aliphatic heterocycles. The quantitative estimate of drug-likeness (QED) is 0.404. The first-order valence-electron chi connectivity index (χ1n) is 6.71. The van der Waals surface area contributed by atoms with Crippen LogP contribution in [0.4, 0.5) is 11.4 Å². The summed E-state index contributed by atoms with van der Waals surface area (Å²) in [5.74, 6) is -0.694. The first kappa shape index (κ1) is 16.2. The predicted molar refractivity (Wildman–Crippen MR) is 83.5 cm³/mol. The van der Waals surface area contributed by atoms with Crippen LogP contribution in [0.1, 0.15) is 22.8 Å². The van der Waals surface area contributed by atoms with Gasteiger partial charge in [0.15, 0.2) is 0 Å². The van der Waals surface area contributed by atoms with Crippen LogP contribution in [0, 0.1) is 17.0 Å². The highest BCUT2D eigenvalue weighted by Crippen LogP contribution is 2.23. The molecule has 7 nitrogen and oxygen atoms in total. The molecule has 0 unspecified atom stereocenters. The van der Waals surface area contributed by atoms with E-state index in [4.69, 9.17) is 4.74 Å². The third-order valence-corrected chi connectivity index (χ3v) is 3.04. The maximum Gasteiger partial charge on any atom is 0.308 e. The van der Waals surface area contributed by atoms with E-state index < -0.39 is 16.8 Å². The number of carbonyl (C=O) groups is 2. The van der Waals surface area contributed by atoms with Crippen LogP contribution < -0.4 is 10.1 Å². The molecule has 0 aromatic heterocycles. The molecule has 2 aromatic rings. The van der Waals surface area contributed by atoms with Crippen LogP contribution in [0.25, 0.3) is 0 Å². The number of nitro groups is 1. The number of rotatable bonds is 4. The summed E-state index contributed by atoms with van der Waals surface area (Å²) < 4.78 is 4.92. The molecule has 118 valence electrons. The molecular weight excluding hydrogens is 300 g/mol. The number of aryl methyl sites for hydroxylation is 1. The van der Waals surface area contributed by atoms with E-state index in [1.54, 1.807) is 31.2 Å². The van der Waals surface area contributed by atoms with Crippen molar-refractivity contribution >= 4 is 23.3 Å². The normalized spacial score (nSPS) is 10.0. The molecule has 0 radical (unpaired) electrons. The standard InChI is InChI=1S/C16H14N2O5/c1-10-6-7-13(18(21)22)9-15(10)17-16(20)12-4-3-5-14(8-12)23-11(2)19/h3-9H,1-2H3,(H,17,20). The van der Waals surface area contributed by atoms with Crippen LogP contribution in [0.5, 0.6) is 5.75 Å². The van der Waals surface area contributed by atoms with E-state index >= 15 is 0 Å². The molecule has 7 heteroatoms. The van der Waals surface area contributed by atoms with Gasteiger partial charge in [-0.1, -0.05) is 12.1 Å². The number of ether oxygens (including phenoxy) is 1. The van der Waals surface area contributed by atoms with Crippen molar-refractivity contribution in [2.75, 3.05) is 5.32 Å². The van der Waals surface area contributed by atoms with E-state index in [1.807, 2.05) is 0 Å². The zero-order valence-corrected chi connectivity index (χ0v) is 12.5. The second kappa shape index (κ2) is 6.69. The minimum absolute atomic E-state index is 0.112. The Labute approximate surface area is 132 Å². The SMILES string of the molecule is CC(=O)Oc1cccc(C(=O)Nc2cc([N+](=O)[O-])ccc2C)c1. The topological polar surface area (TPSA) is 98.5 Å². The number of non-ortho nitro benzene ring substituents is 1. The summed E-state index contributed by atoms with van der Waals surface area (Å²) in [7, 11) is 0. The number of hydrogen-bond acceptors (Lipinski definition) is 5. The number of amides is 1. The molecule has 0 aliphatic rings. The van der Waals surface area contributed by atoms with Crippen molar-refractivity contribution in [2.24, 2.45) is 0 Å². The Morgan fingerprint density at radius 2 is 1.91 bits per heavy atom. The van der Waals surface area contributed by atoms with Gasteiger partial charge in [0.05, 0.1) is 10.6 Å². The molecule has 1 amide bonds. The fourth-order valence-corrected chi connectivity index (χ4v) is 1.92. The zero-order chi connectivity index (χ0) is 17.0. The summed E-state index contributed by atoms with van der Waals surface area (Å²) >= 11 is 0. The van der Waals surface area contributed by atoms with E-state index in [2.05, 4.69) is 5.32 Å². The molecule has 0 spiro atoms. The van der Waals surface area contributed by atoms with E-state index in [0.29, 0.717) is 11.3 Å². The number of nitro benzene ring substituents is 1. The minimum Gasteiger partial charge on any atom is -0.427 e. The Hall–Kier alpha value is -3.22. The van der Waals surface area contributed by atoms with E-state index in [-0.39, 0.29) is 17.0 Å². The fourth-order valence-electron chi connectivity index (χ4n) is 1.92. The Morgan fingerprint density at radius 3 is 2.57 bits per heavy atom. The van der Waals surface area contributed by atoms with Crippen molar-refractivity contribution in [3.05, 3.63) is 63.7 Å². The lowest BCUT2D eigenvalue weighted by Crippen LogP contribution is -2.13. The molecule has 0 saturated heterocycles. The van der Waals surface area contributed by atoms with Crippen molar-refractivity contribution in [3.8, 4) is 5.75 Å². The van der Waals surface area contributed by atoms with E-state index in [9.17, 15) is 19.7 Å². The van der Waals surface area contributed by atoms with Crippen LogP contribution >= 0.6 is 0 Å². The van der Waals surface area contributed by atoms with Crippen LogP contribution in [0.3, 0.4) is 0 Å². The maximum absolute atomic E-state index is 12.3. The summed E-state index contributed by atoms with van der Waals surface area (Å²) in [6, 6.07) is 10.3. The average molecular weight is 314 g/mol. The summed E-state index contributed by atoms with van der Waals surface area (Å²) in [6.45, 7) is 2.99. The molecule has 0 heterocycles. The summed E-state index contributed by atoms with van der Waals surface area (Å²) in [5.41, 5.74) is 1.20. The largest absolute Gasteiger partial charge is 0.427 e. The summed E-state index contributed by atoms with van der Waals surface area (Å²) in [5, 5.41) is 13.4. The van der Waals surface area contributed by atoms with Gasteiger partial charge in [-0.3, -0.25) is 19.7 Å². The average Bonchev–Trinajstić information content (AvgIpc) is 2.48. The van der Waals surface area contributed by atoms with Crippen LogP contribution in [-0.4, -0.2) is 16.8 Å². The highest BCUT2D eigenvalue weighted by atomic mass is 16.6. The van der Waals surface area contributed by atoms with Crippen LogP contribution in [-0.2, 0) is 4.79 Å². The van der Waals surface area contributed by atoms with Crippen LogP contribution in [0.2, 0.25) is 0 Å². The first-order valence-corrected chi connectivity index (χ1v) is 6.71. The van der Waals surface area contributed by atoms with Crippen LogP contribution in [0.15, 0.2) is 42.5 Å². The van der Waals surface area contributed by atoms with Gasteiger partial charge >= 0.3 is 5.97 Å². The lowest BCUT2D eigenvalue weighted by molar-refractivity contribution is -0.384. The zero-order valence-electron chi connectivity index (χ0n) is 12.5. The Bertz CT molecular complexity index is 786. The molecule has 1 N–H and O–H groups in total. The van der Waals surface area contributed by atoms with Crippen molar-refractivity contribution in [2.45, 2.75) is 13.8 Å². The second-order valence-electron chi connectivity index (χ2n) is 4.83. The fraction of sp³-hybridized carbons (Fsp3) is 0.125. The van der Waals surface area contributed by atoms with Gasteiger partial charge < -0.3 is 10.1 Å². The van der Waals surface area contributed by atoms with Gasteiger partial charge in [-0.15, -0.1) is 0 Å². The Kier molecular flexibility index (Phi) is 4.70. The third-order valence-electron chi connectivity index (χ3n) is 3.04. The molecule has 0 bridgehead atoms. The Balaban J connectivity index is 2.24. The lowest BCUT2D eigenvalue weighted by atomic mass is 10.1. The molecule has 23 heavy (non-hydrogen) atoms. The number of carbonyl (C=O) groups excluding carboxylic acids is 2. The van der Waals surface area contributed by atoms with Crippen molar-refractivity contribution in [3.63, 3.8) is 0 Å². The molecular formula is C16H14N2O5. The first-order chi connectivity index (χ1) is 10.9. The lowest BCUT2D eigenvalue weighted by Gasteiger charge is -2.09. The minimum atomic E-state index is -0.531. The van der Waals surface area contributed by atoms with Gasteiger partial charge in [0, 0.05) is 24.6 Å². The monoisotopic (exact) mass is 314 g/mol. The summed E-state index contributed by atoms with van der Waals surface area (Å²) in [4.78, 5) is 33.5. The smallest absolute Gasteiger partial charge is 0.308 e. The number of nitrogens with one attached hydrogen (secondary N) is 1. The number of nitrogens with zero attached hydrogens (tertiary/aromatic N) is 1. The van der Waals surface area contributed by atoms with Gasteiger partial charge in [-0.05, 0) is 30.7 Å². The van der Waals surface area contributed by atoms with Gasteiger partial charge in [0.2, 0.25) is 0 Å². The predicted octanol–water partition coefficient (Wildman–Crippen LogP) is 3.08. The van der Waals surface area contributed by atoms with Gasteiger partial charge in [-0.2, -0.15) is 0 Å². The van der Waals surface area contributed by atoms with E-state index in [1.165, 1.54) is 25.1 Å². The number of benzene rings is 2. The van der Waals surface area contributed by atoms with Crippen molar-refractivity contribution in [1.29, 1.82) is 0 Å². The van der Waals surface area contributed by atoms with Crippen molar-refractivity contribution < 1.29 is 19.2 Å². The Morgan fingerprint density at radius 1 is 1.17 bits per heavy atom. The number of esters is 1. The molecule has 2 aromatic carbocycles. The van der Waals surface area contributed by atoms with Gasteiger partial charge in [0.1, 0.15) is 5.75 Å². The molecule has 0 atom stereocenters. The van der Waals surface area contributed by atoms with Crippen molar-refractivity contribution in [1.82, 2.24) is 0 Å². The molecule has 0 saturated carbocycles. The van der Waals surface area contributed by atoms with Gasteiger partial charge in [0.25, 0.3) is 11.6 Å².